The number of esters is 1. The highest BCUT2D eigenvalue weighted by atomic mass is 35.5. The Bertz CT molecular complexity index is 792. The number of ether oxygens (including phenoxy) is 1. The fourth-order valence-corrected chi connectivity index (χ4v) is 3.44. The zero-order valence-electron chi connectivity index (χ0n) is 14.6. The molecule has 5 nitrogen and oxygen atoms in total. The van der Waals surface area contributed by atoms with Crippen molar-refractivity contribution in [2.75, 3.05) is 13.7 Å². The number of quaternary nitrogens is 1. The van der Waals surface area contributed by atoms with E-state index in [1.54, 1.807) is 12.1 Å². The van der Waals surface area contributed by atoms with Gasteiger partial charge in [0, 0.05) is 23.6 Å². The molecule has 0 aromatic heterocycles. The molecule has 26 heavy (non-hydrogen) atoms. The normalized spacial score (nSPS) is 18.7. The maximum atomic E-state index is 12.4. The lowest BCUT2D eigenvalue weighted by Gasteiger charge is -2.31. The summed E-state index contributed by atoms with van der Waals surface area (Å²) in [5, 5.41) is 3.58. The summed E-state index contributed by atoms with van der Waals surface area (Å²) >= 11 is 5.87. The largest absolute Gasteiger partial charge is 0.465 e. The number of carbonyl (C=O) groups is 2. The Hall–Kier alpha value is -2.37. The van der Waals surface area contributed by atoms with Crippen LogP contribution in [0.25, 0.3) is 0 Å². The van der Waals surface area contributed by atoms with Crippen LogP contribution in [0.4, 0.5) is 0 Å². The Labute approximate surface area is 157 Å². The second kappa shape index (κ2) is 8.34. The highest BCUT2D eigenvalue weighted by Crippen LogP contribution is 2.14. The molecule has 0 fully saturated rings. The summed E-state index contributed by atoms with van der Waals surface area (Å²) in [5.41, 5.74) is 3.30. The molecule has 0 saturated heterocycles. The molecule has 1 heterocycles. The van der Waals surface area contributed by atoms with Crippen molar-refractivity contribution in [2.45, 2.75) is 25.6 Å². The summed E-state index contributed by atoms with van der Waals surface area (Å²) < 4.78 is 4.95. The topological polar surface area (TPSA) is 59.8 Å². The standard InChI is InChI=1S/C20H21ClN2O3/c1-26-20(25)18-10-15-4-2-3-5-16(15)12-23(18)13-19(24)22-11-14-6-8-17(21)9-7-14/h2-9,18H,10-13H2,1H3,(H,22,24)/p+1/t18-/m0/s1. The molecular formula is C20H22ClN2O3+. The van der Waals surface area contributed by atoms with Crippen LogP contribution in [0, 0.1) is 0 Å². The first-order chi connectivity index (χ1) is 12.6. The van der Waals surface area contributed by atoms with Gasteiger partial charge in [0.05, 0.1) is 7.11 Å². The molecule has 1 amide bonds. The highest BCUT2D eigenvalue weighted by molar-refractivity contribution is 6.30. The SMILES string of the molecule is COC(=O)[C@@H]1Cc2ccccc2C[NH+]1CC(=O)NCc1ccc(Cl)cc1. The number of carbonyl (C=O) groups excluding carboxylic acids is 2. The molecule has 0 spiro atoms. The zero-order valence-corrected chi connectivity index (χ0v) is 15.4. The van der Waals surface area contributed by atoms with Crippen LogP contribution < -0.4 is 10.2 Å². The van der Waals surface area contributed by atoms with E-state index in [1.807, 2.05) is 30.3 Å². The smallest absolute Gasteiger partial charge is 0.365 e. The molecule has 136 valence electrons. The number of amides is 1. The van der Waals surface area contributed by atoms with E-state index in [9.17, 15) is 9.59 Å². The molecule has 1 aliphatic rings. The molecule has 3 rings (SSSR count). The van der Waals surface area contributed by atoms with Crippen molar-refractivity contribution < 1.29 is 19.2 Å². The summed E-state index contributed by atoms with van der Waals surface area (Å²) in [6.45, 7) is 1.29. The summed E-state index contributed by atoms with van der Waals surface area (Å²) in [6.07, 6.45) is 0.586. The lowest BCUT2D eigenvalue weighted by Crippen LogP contribution is -3.17. The van der Waals surface area contributed by atoms with E-state index in [0.717, 1.165) is 16.0 Å². The van der Waals surface area contributed by atoms with Crippen molar-refractivity contribution in [1.29, 1.82) is 0 Å². The first-order valence-electron chi connectivity index (χ1n) is 8.57. The van der Waals surface area contributed by atoms with E-state index in [1.165, 1.54) is 12.7 Å². The fraction of sp³-hybridized carbons (Fsp3) is 0.300. The van der Waals surface area contributed by atoms with Gasteiger partial charge in [-0.15, -0.1) is 0 Å². The number of nitrogens with one attached hydrogen (secondary N) is 2. The van der Waals surface area contributed by atoms with Crippen LogP contribution in [-0.2, 0) is 33.8 Å². The third-order valence-corrected chi connectivity index (χ3v) is 4.98. The highest BCUT2D eigenvalue weighted by Gasteiger charge is 2.36. The van der Waals surface area contributed by atoms with E-state index >= 15 is 0 Å². The molecule has 2 N–H and O–H groups in total. The van der Waals surface area contributed by atoms with Crippen LogP contribution >= 0.6 is 11.6 Å². The predicted molar refractivity (Wildman–Crippen MR) is 98.8 cm³/mol. The lowest BCUT2D eigenvalue weighted by molar-refractivity contribution is -0.924. The minimum absolute atomic E-state index is 0.0942. The number of hydrogen-bond donors (Lipinski definition) is 2. The maximum Gasteiger partial charge on any atom is 0.365 e. The van der Waals surface area contributed by atoms with Crippen LogP contribution in [0.1, 0.15) is 16.7 Å². The van der Waals surface area contributed by atoms with Crippen molar-refractivity contribution in [2.24, 2.45) is 0 Å². The van der Waals surface area contributed by atoms with Crippen LogP contribution in [-0.4, -0.2) is 31.6 Å². The average molecular weight is 374 g/mol. The van der Waals surface area contributed by atoms with Crippen molar-refractivity contribution in [1.82, 2.24) is 5.32 Å². The van der Waals surface area contributed by atoms with Gasteiger partial charge in [-0.3, -0.25) is 4.79 Å². The van der Waals surface area contributed by atoms with Gasteiger partial charge in [-0.1, -0.05) is 48.0 Å². The van der Waals surface area contributed by atoms with Gasteiger partial charge >= 0.3 is 5.97 Å². The van der Waals surface area contributed by atoms with E-state index in [4.69, 9.17) is 16.3 Å². The third-order valence-electron chi connectivity index (χ3n) is 4.73. The Kier molecular flexibility index (Phi) is 5.91. The van der Waals surface area contributed by atoms with E-state index in [-0.39, 0.29) is 24.5 Å². The number of hydrogen-bond acceptors (Lipinski definition) is 3. The van der Waals surface area contributed by atoms with Gasteiger partial charge < -0.3 is 15.0 Å². The van der Waals surface area contributed by atoms with E-state index < -0.39 is 0 Å². The Morgan fingerprint density at radius 3 is 2.54 bits per heavy atom. The number of benzene rings is 2. The second-order valence-electron chi connectivity index (χ2n) is 6.46. The van der Waals surface area contributed by atoms with Gasteiger partial charge in [0.1, 0.15) is 6.54 Å². The van der Waals surface area contributed by atoms with Crippen molar-refractivity contribution in [3.63, 3.8) is 0 Å². The average Bonchev–Trinajstić information content (AvgIpc) is 2.66. The van der Waals surface area contributed by atoms with Crippen LogP contribution in [0.15, 0.2) is 48.5 Å². The molecule has 1 aliphatic heterocycles. The minimum atomic E-state index is -0.365. The van der Waals surface area contributed by atoms with Gasteiger partial charge in [-0.05, 0) is 23.3 Å². The van der Waals surface area contributed by atoms with Gasteiger partial charge in [0.15, 0.2) is 12.6 Å². The monoisotopic (exact) mass is 373 g/mol. The van der Waals surface area contributed by atoms with Gasteiger partial charge in [-0.2, -0.15) is 0 Å². The van der Waals surface area contributed by atoms with Gasteiger partial charge in [-0.25, -0.2) is 4.79 Å². The number of halogens is 1. The number of fused-ring (bicyclic) bond motifs is 1. The van der Waals surface area contributed by atoms with Gasteiger partial charge in [0.2, 0.25) is 0 Å². The third kappa shape index (κ3) is 4.42. The van der Waals surface area contributed by atoms with Crippen LogP contribution in [0.2, 0.25) is 5.02 Å². The summed E-state index contributed by atoms with van der Waals surface area (Å²) in [6, 6.07) is 15.0. The van der Waals surface area contributed by atoms with Crippen molar-refractivity contribution in [3.8, 4) is 0 Å². The molecule has 0 saturated carbocycles. The molecule has 0 bridgehead atoms. The lowest BCUT2D eigenvalue weighted by atomic mass is 9.94. The van der Waals surface area contributed by atoms with Crippen LogP contribution in [0.5, 0.6) is 0 Å². The van der Waals surface area contributed by atoms with Crippen molar-refractivity contribution >= 4 is 23.5 Å². The minimum Gasteiger partial charge on any atom is -0.465 e. The molecule has 1 unspecified atom stereocenters. The molecule has 2 atom stereocenters. The number of rotatable bonds is 5. The summed E-state index contributed by atoms with van der Waals surface area (Å²) in [4.78, 5) is 25.5. The molecule has 2 aromatic rings. The first kappa shape index (κ1) is 18.4. The Balaban J connectivity index is 1.64. The molecule has 0 aliphatic carbocycles. The first-order valence-corrected chi connectivity index (χ1v) is 8.95. The zero-order chi connectivity index (χ0) is 18.5. The molecule has 2 aromatic carbocycles. The maximum absolute atomic E-state index is 12.4. The predicted octanol–water partition coefficient (Wildman–Crippen LogP) is 1.14. The van der Waals surface area contributed by atoms with Crippen LogP contribution in [0.3, 0.4) is 0 Å². The second-order valence-corrected chi connectivity index (χ2v) is 6.90. The molecule has 0 radical (unpaired) electrons. The quantitative estimate of drug-likeness (QED) is 0.773. The Morgan fingerprint density at radius 1 is 1.15 bits per heavy atom. The summed E-state index contributed by atoms with van der Waals surface area (Å²) in [5.74, 6) is -0.372. The number of methoxy groups -OCH3 is 1. The Morgan fingerprint density at radius 2 is 1.85 bits per heavy atom. The molecule has 6 heteroatoms. The van der Waals surface area contributed by atoms with E-state index in [0.29, 0.717) is 24.5 Å². The fourth-order valence-electron chi connectivity index (χ4n) is 3.31. The van der Waals surface area contributed by atoms with Crippen molar-refractivity contribution in [3.05, 3.63) is 70.2 Å². The molecular weight excluding hydrogens is 352 g/mol. The summed E-state index contributed by atoms with van der Waals surface area (Å²) in [7, 11) is 1.39. The van der Waals surface area contributed by atoms with Gasteiger partial charge in [0.25, 0.3) is 5.91 Å². The van der Waals surface area contributed by atoms with E-state index in [2.05, 4.69) is 11.4 Å².